The summed E-state index contributed by atoms with van der Waals surface area (Å²) in [7, 11) is 0. The Morgan fingerprint density at radius 1 is 0.906 bits per heavy atom. The summed E-state index contributed by atoms with van der Waals surface area (Å²) in [6.45, 7) is 0.162. The largest absolute Gasteiger partial charge is 0.505 e. The summed E-state index contributed by atoms with van der Waals surface area (Å²) in [5.74, 6) is -0.778. The lowest BCUT2D eigenvalue weighted by molar-refractivity contribution is 0.446. The van der Waals surface area contributed by atoms with E-state index < -0.39 is 16.9 Å². The highest BCUT2D eigenvalue weighted by atomic mass is 32.2. The van der Waals surface area contributed by atoms with E-state index in [1.54, 1.807) is 48.5 Å². The number of fused-ring (bicyclic) bond motifs is 3. The molecule has 7 heteroatoms. The average Bonchev–Trinajstić information content (AvgIpc) is 2.81. The van der Waals surface area contributed by atoms with Crippen LogP contribution >= 0.6 is 11.8 Å². The van der Waals surface area contributed by atoms with Gasteiger partial charge in [0, 0.05) is 10.3 Å². The quantitative estimate of drug-likeness (QED) is 0.387. The molecular formula is C25H16FNO4S. The summed E-state index contributed by atoms with van der Waals surface area (Å²) in [4.78, 5) is 26.9. The summed E-state index contributed by atoms with van der Waals surface area (Å²) in [5.41, 5.74) is 0.0823. The van der Waals surface area contributed by atoms with Gasteiger partial charge < -0.3 is 14.1 Å². The molecule has 0 amide bonds. The number of benzene rings is 3. The lowest BCUT2D eigenvalue weighted by Gasteiger charge is -2.14. The van der Waals surface area contributed by atoms with Crippen LogP contribution in [0.5, 0.6) is 5.75 Å². The molecule has 5 aromatic rings. The molecule has 1 N–H and O–H groups in total. The van der Waals surface area contributed by atoms with Gasteiger partial charge in [0.25, 0.3) is 5.56 Å². The highest BCUT2D eigenvalue weighted by Gasteiger charge is 2.22. The van der Waals surface area contributed by atoms with Crippen molar-refractivity contribution in [1.82, 2.24) is 4.57 Å². The number of aromatic nitrogens is 1. The predicted octanol–water partition coefficient (Wildman–Crippen LogP) is 5.15. The molecule has 3 aromatic carbocycles. The maximum atomic E-state index is 13.5. The third-order valence-electron chi connectivity index (χ3n) is 5.17. The van der Waals surface area contributed by atoms with Crippen molar-refractivity contribution < 1.29 is 13.9 Å². The van der Waals surface area contributed by atoms with Gasteiger partial charge in [0.15, 0.2) is 11.3 Å². The molecule has 0 aliphatic heterocycles. The number of nitrogens with zero attached hydrogens (tertiary/aromatic N) is 1. The van der Waals surface area contributed by atoms with E-state index in [0.29, 0.717) is 16.5 Å². The van der Waals surface area contributed by atoms with Crippen LogP contribution in [0.3, 0.4) is 0 Å². The van der Waals surface area contributed by atoms with Gasteiger partial charge in [-0.25, -0.2) is 9.18 Å². The second-order valence-corrected chi connectivity index (χ2v) is 8.31. The lowest BCUT2D eigenvalue weighted by atomic mass is 10.1. The molecule has 0 unspecified atom stereocenters. The van der Waals surface area contributed by atoms with Gasteiger partial charge in [0.1, 0.15) is 16.1 Å². The van der Waals surface area contributed by atoms with E-state index in [4.69, 9.17) is 4.42 Å². The fraction of sp³-hybridized carbons (Fsp3) is 0.0400. The normalized spacial score (nSPS) is 11.3. The van der Waals surface area contributed by atoms with Crippen molar-refractivity contribution in [3.63, 3.8) is 0 Å². The second kappa shape index (κ2) is 8.01. The Morgan fingerprint density at radius 2 is 1.59 bits per heavy atom. The monoisotopic (exact) mass is 445 g/mol. The van der Waals surface area contributed by atoms with Gasteiger partial charge in [-0.15, -0.1) is 0 Å². The Kier molecular flexibility index (Phi) is 5.03. The second-order valence-electron chi connectivity index (χ2n) is 7.22. The van der Waals surface area contributed by atoms with E-state index in [1.807, 2.05) is 18.2 Å². The van der Waals surface area contributed by atoms with Crippen molar-refractivity contribution in [2.45, 2.75) is 16.3 Å². The summed E-state index contributed by atoms with van der Waals surface area (Å²) >= 11 is 1.04. The van der Waals surface area contributed by atoms with Crippen molar-refractivity contribution in [3.8, 4) is 5.75 Å². The van der Waals surface area contributed by atoms with E-state index in [9.17, 15) is 19.1 Å². The molecule has 0 bridgehead atoms. The number of aromatic hydroxyl groups is 1. The lowest BCUT2D eigenvalue weighted by Crippen LogP contribution is -2.22. The van der Waals surface area contributed by atoms with Gasteiger partial charge >= 0.3 is 5.63 Å². The molecule has 158 valence electrons. The molecule has 0 saturated carbocycles. The van der Waals surface area contributed by atoms with E-state index in [0.717, 1.165) is 16.7 Å². The number of hydrogen-bond donors (Lipinski definition) is 1. The van der Waals surface area contributed by atoms with Gasteiger partial charge in [-0.2, -0.15) is 0 Å². The molecule has 32 heavy (non-hydrogen) atoms. The summed E-state index contributed by atoms with van der Waals surface area (Å²) in [6.07, 6.45) is 0. The molecular weight excluding hydrogens is 429 g/mol. The molecule has 0 radical (unpaired) electrons. The van der Waals surface area contributed by atoms with Crippen LogP contribution in [0, 0.1) is 5.82 Å². The first-order valence-corrected chi connectivity index (χ1v) is 10.6. The molecule has 0 atom stereocenters. The van der Waals surface area contributed by atoms with Crippen LogP contribution in [0.4, 0.5) is 4.39 Å². The first-order chi connectivity index (χ1) is 15.5. The zero-order valence-corrected chi connectivity index (χ0v) is 17.4. The highest BCUT2D eigenvalue weighted by Crippen LogP contribution is 2.37. The van der Waals surface area contributed by atoms with Crippen LogP contribution in [-0.2, 0) is 6.54 Å². The Balaban J connectivity index is 1.78. The standard InChI is InChI=1S/C25H16FNO4S/c26-16-12-10-15(11-13-16)14-27-19-9-5-4-8-18(19)22-20(24(27)29)21(28)23(25(30)31-22)32-17-6-2-1-3-7-17/h1-13,28H,14H2. The smallest absolute Gasteiger partial charge is 0.354 e. The molecule has 0 aliphatic rings. The Morgan fingerprint density at radius 3 is 2.34 bits per heavy atom. The first-order valence-electron chi connectivity index (χ1n) is 9.81. The molecule has 2 heterocycles. The minimum atomic E-state index is -0.718. The minimum absolute atomic E-state index is 0.0425. The van der Waals surface area contributed by atoms with Crippen LogP contribution in [0.2, 0.25) is 0 Å². The first kappa shape index (κ1) is 20.1. The summed E-state index contributed by atoms with van der Waals surface area (Å²) < 4.78 is 20.4. The minimum Gasteiger partial charge on any atom is -0.505 e. The molecule has 5 nitrogen and oxygen atoms in total. The zero-order valence-electron chi connectivity index (χ0n) is 16.6. The van der Waals surface area contributed by atoms with Gasteiger partial charge in [-0.3, -0.25) is 4.79 Å². The number of rotatable bonds is 4. The predicted molar refractivity (Wildman–Crippen MR) is 122 cm³/mol. The number of hydrogen-bond acceptors (Lipinski definition) is 5. The SMILES string of the molecule is O=c1oc2c(c(O)c1Sc1ccccc1)c(=O)n(Cc1ccc(F)cc1)c1ccccc21. The Bertz CT molecular complexity index is 1570. The van der Waals surface area contributed by atoms with Crippen molar-refractivity contribution >= 4 is 33.6 Å². The van der Waals surface area contributed by atoms with Gasteiger partial charge in [-0.05, 0) is 42.0 Å². The van der Waals surface area contributed by atoms with E-state index >= 15 is 0 Å². The Labute approximate surface area is 185 Å². The average molecular weight is 445 g/mol. The van der Waals surface area contributed by atoms with Crippen LogP contribution in [-0.4, -0.2) is 9.67 Å². The highest BCUT2D eigenvalue weighted by molar-refractivity contribution is 7.99. The maximum absolute atomic E-state index is 13.5. The molecule has 5 rings (SSSR count). The fourth-order valence-corrected chi connectivity index (χ4v) is 4.52. The molecule has 0 fully saturated rings. The molecule has 0 aliphatic carbocycles. The van der Waals surface area contributed by atoms with E-state index in [2.05, 4.69) is 0 Å². The molecule has 2 aromatic heterocycles. The third-order valence-corrected chi connectivity index (χ3v) is 6.25. The molecule has 0 saturated heterocycles. The van der Waals surface area contributed by atoms with Crippen molar-refractivity contribution in [2.75, 3.05) is 0 Å². The van der Waals surface area contributed by atoms with Crippen molar-refractivity contribution in [2.24, 2.45) is 0 Å². The van der Waals surface area contributed by atoms with E-state index in [-0.39, 0.29) is 28.2 Å². The van der Waals surface area contributed by atoms with Crippen molar-refractivity contribution in [3.05, 3.63) is 111 Å². The van der Waals surface area contributed by atoms with Crippen LogP contribution in [0.15, 0.2) is 103 Å². The van der Waals surface area contributed by atoms with E-state index in [1.165, 1.54) is 16.7 Å². The summed E-state index contributed by atoms with van der Waals surface area (Å²) in [6, 6.07) is 21.9. The number of halogens is 1. The number of para-hydroxylation sites is 1. The zero-order chi connectivity index (χ0) is 22.2. The van der Waals surface area contributed by atoms with Crippen LogP contribution in [0.25, 0.3) is 21.9 Å². The summed E-state index contributed by atoms with van der Waals surface area (Å²) in [5, 5.41) is 11.5. The topological polar surface area (TPSA) is 72.4 Å². The third kappa shape index (κ3) is 3.46. The Hall–Kier alpha value is -3.84. The maximum Gasteiger partial charge on any atom is 0.354 e. The van der Waals surface area contributed by atoms with Crippen molar-refractivity contribution in [1.29, 1.82) is 0 Å². The fourth-order valence-electron chi connectivity index (χ4n) is 3.67. The molecule has 0 spiro atoms. The van der Waals surface area contributed by atoms with Crippen LogP contribution in [0.1, 0.15) is 5.56 Å². The number of pyridine rings is 1. The van der Waals surface area contributed by atoms with Gasteiger partial charge in [0.05, 0.1) is 12.1 Å². The van der Waals surface area contributed by atoms with Crippen LogP contribution < -0.4 is 11.2 Å². The van der Waals surface area contributed by atoms with Gasteiger partial charge in [-0.1, -0.05) is 54.2 Å². The van der Waals surface area contributed by atoms with Gasteiger partial charge in [0.2, 0.25) is 0 Å².